The Bertz CT molecular complexity index is 723. The molecule has 0 nitrogen and oxygen atoms in total. The van der Waals surface area contributed by atoms with Crippen LogP contribution < -0.4 is 0 Å². The third-order valence-corrected chi connectivity index (χ3v) is 5.47. The van der Waals surface area contributed by atoms with Crippen LogP contribution in [0.3, 0.4) is 0 Å². The maximum atomic E-state index is 14.7. The van der Waals surface area contributed by atoms with Crippen LogP contribution >= 0.6 is 0 Å². The van der Waals surface area contributed by atoms with E-state index in [1.165, 1.54) is 5.56 Å². The first-order chi connectivity index (χ1) is 12.1. The fraction of sp³-hybridized carbons (Fsp3) is 0.391. The average Bonchev–Trinajstić information content (AvgIpc) is 2.64. The van der Waals surface area contributed by atoms with Crippen molar-refractivity contribution in [3.05, 3.63) is 71.8 Å². The van der Waals surface area contributed by atoms with Gasteiger partial charge in [-0.1, -0.05) is 62.2 Å². The van der Waals surface area contributed by atoms with Crippen molar-refractivity contribution in [2.75, 3.05) is 0 Å². The topological polar surface area (TPSA) is 0 Å². The van der Waals surface area contributed by atoms with Crippen molar-refractivity contribution < 1.29 is 8.78 Å². The van der Waals surface area contributed by atoms with Gasteiger partial charge in [-0.25, -0.2) is 8.78 Å². The van der Waals surface area contributed by atoms with Gasteiger partial charge < -0.3 is 0 Å². The van der Waals surface area contributed by atoms with Gasteiger partial charge in [0, 0.05) is 5.56 Å². The zero-order valence-electron chi connectivity index (χ0n) is 14.9. The summed E-state index contributed by atoms with van der Waals surface area (Å²) in [7, 11) is 0. The summed E-state index contributed by atoms with van der Waals surface area (Å²) >= 11 is 0. The van der Waals surface area contributed by atoms with E-state index in [0.29, 0.717) is 17.0 Å². The van der Waals surface area contributed by atoms with Crippen LogP contribution in [0.5, 0.6) is 0 Å². The SMILES string of the molecule is C=CCCc1ccc(-c2ccc(C3CCC(C)CC3)c(F)c2F)cc1. The molecule has 25 heavy (non-hydrogen) atoms. The lowest BCUT2D eigenvalue weighted by Gasteiger charge is -2.27. The van der Waals surface area contributed by atoms with Crippen LogP contribution in [-0.2, 0) is 6.42 Å². The molecule has 1 saturated carbocycles. The monoisotopic (exact) mass is 340 g/mol. The second-order valence-electron chi connectivity index (χ2n) is 7.31. The van der Waals surface area contributed by atoms with E-state index < -0.39 is 11.6 Å². The molecule has 0 unspecified atom stereocenters. The summed E-state index contributed by atoms with van der Waals surface area (Å²) in [5, 5.41) is 0. The van der Waals surface area contributed by atoms with Crippen LogP contribution in [0.4, 0.5) is 8.78 Å². The van der Waals surface area contributed by atoms with E-state index in [0.717, 1.165) is 44.1 Å². The molecule has 0 bridgehead atoms. The quantitative estimate of drug-likeness (QED) is 0.512. The van der Waals surface area contributed by atoms with Crippen LogP contribution in [0.1, 0.15) is 56.1 Å². The lowest BCUT2D eigenvalue weighted by molar-refractivity contribution is 0.339. The van der Waals surface area contributed by atoms with Crippen LogP contribution in [-0.4, -0.2) is 0 Å². The summed E-state index contributed by atoms with van der Waals surface area (Å²) in [6, 6.07) is 11.2. The minimum atomic E-state index is -0.713. The van der Waals surface area contributed by atoms with Crippen LogP contribution in [0.15, 0.2) is 49.1 Å². The van der Waals surface area contributed by atoms with Gasteiger partial charge >= 0.3 is 0 Å². The lowest BCUT2D eigenvalue weighted by Crippen LogP contribution is -2.13. The van der Waals surface area contributed by atoms with Gasteiger partial charge in [0.2, 0.25) is 0 Å². The van der Waals surface area contributed by atoms with E-state index in [1.807, 2.05) is 30.3 Å². The third kappa shape index (κ3) is 4.00. The van der Waals surface area contributed by atoms with Crippen molar-refractivity contribution >= 4 is 0 Å². The summed E-state index contributed by atoms with van der Waals surface area (Å²) in [4.78, 5) is 0. The molecule has 0 heterocycles. The molecule has 0 N–H and O–H groups in total. The van der Waals surface area contributed by atoms with Crippen LogP contribution in [0.25, 0.3) is 11.1 Å². The summed E-state index contributed by atoms with van der Waals surface area (Å²) in [6.07, 6.45) is 7.81. The van der Waals surface area contributed by atoms with Gasteiger partial charge in [-0.2, -0.15) is 0 Å². The lowest BCUT2D eigenvalue weighted by atomic mass is 9.79. The van der Waals surface area contributed by atoms with Crippen LogP contribution in [0, 0.1) is 17.6 Å². The highest BCUT2D eigenvalue weighted by Gasteiger charge is 2.25. The third-order valence-electron chi connectivity index (χ3n) is 5.47. The molecule has 132 valence electrons. The van der Waals surface area contributed by atoms with Gasteiger partial charge in [-0.15, -0.1) is 6.58 Å². The molecule has 0 aromatic heterocycles. The fourth-order valence-electron chi connectivity index (χ4n) is 3.79. The Hall–Kier alpha value is -1.96. The number of aryl methyl sites for hydroxylation is 1. The molecular weight excluding hydrogens is 314 g/mol. The minimum absolute atomic E-state index is 0.154. The maximum absolute atomic E-state index is 14.7. The highest BCUT2D eigenvalue weighted by molar-refractivity contribution is 5.65. The van der Waals surface area contributed by atoms with Crippen molar-refractivity contribution in [2.24, 2.45) is 5.92 Å². The molecule has 2 aromatic rings. The maximum Gasteiger partial charge on any atom is 0.166 e. The molecule has 0 atom stereocenters. The van der Waals surface area contributed by atoms with Crippen molar-refractivity contribution in [3.63, 3.8) is 0 Å². The highest BCUT2D eigenvalue weighted by Crippen LogP contribution is 2.38. The molecule has 0 aliphatic heterocycles. The summed E-state index contributed by atoms with van der Waals surface area (Å²) in [5.41, 5.74) is 2.80. The van der Waals surface area contributed by atoms with E-state index in [-0.39, 0.29) is 5.92 Å². The molecule has 1 aliphatic rings. The largest absolute Gasteiger partial charge is 0.203 e. The molecule has 3 rings (SSSR count). The molecule has 2 aromatic carbocycles. The van der Waals surface area contributed by atoms with Gasteiger partial charge in [0.05, 0.1) is 0 Å². The Balaban J connectivity index is 1.83. The van der Waals surface area contributed by atoms with Gasteiger partial charge in [0.1, 0.15) is 0 Å². The van der Waals surface area contributed by atoms with Gasteiger partial charge in [-0.3, -0.25) is 0 Å². The Kier molecular flexibility index (Phi) is 5.67. The summed E-state index contributed by atoms with van der Waals surface area (Å²) in [6.45, 7) is 5.95. The average molecular weight is 340 g/mol. The van der Waals surface area contributed by atoms with E-state index in [1.54, 1.807) is 12.1 Å². The molecule has 2 heteroatoms. The fourth-order valence-corrected chi connectivity index (χ4v) is 3.79. The number of hydrogen-bond donors (Lipinski definition) is 0. The Morgan fingerprint density at radius 3 is 2.28 bits per heavy atom. The van der Waals surface area contributed by atoms with Gasteiger partial charge in [0.25, 0.3) is 0 Å². The zero-order chi connectivity index (χ0) is 17.8. The Morgan fingerprint density at radius 2 is 1.64 bits per heavy atom. The summed E-state index contributed by atoms with van der Waals surface area (Å²) in [5.74, 6) is -0.521. The Labute approximate surface area is 149 Å². The molecular formula is C23H26F2. The van der Waals surface area contributed by atoms with Gasteiger partial charge in [-0.05, 0) is 54.2 Å². The van der Waals surface area contributed by atoms with Crippen molar-refractivity contribution in [2.45, 2.75) is 51.4 Å². The number of rotatable bonds is 5. The van der Waals surface area contributed by atoms with Crippen molar-refractivity contribution in [1.82, 2.24) is 0 Å². The first-order valence-corrected chi connectivity index (χ1v) is 9.28. The van der Waals surface area contributed by atoms with Crippen molar-refractivity contribution in [1.29, 1.82) is 0 Å². The number of allylic oxidation sites excluding steroid dienone is 1. The number of halogens is 2. The first kappa shape index (κ1) is 17.8. The number of benzene rings is 2. The predicted molar refractivity (Wildman–Crippen MR) is 101 cm³/mol. The normalized spacial score (nSPS) is 20.4. The van der Waals surface area contributed by atoms with E-state index in [9.17, 15) is 8.78 Å². The highest BCUT2D eigenvalue weighted by atomic mass is 19.2. The predicted octanol–water partition coefficient (Wildman–Crippen LogP) is 7.04. The molecule has 1 aliphatic carbocycles. The second kappa shape index (κ2) is 7.95. The molecule has 0 spiro atoms. The van der Waals surface area contributed by atoms with Crippen molar-refractivity contribution in [3.8, 4) is 11.1 Å². The minimum Gasteiger partial charge on any atom is -0.203 e. The first-order valence-electron chi connectivity index (χ1n) is 9.28. The van der Waals surface area contributed by atoms with E-state index in [4.69, 9.17) is 0 Å². The van der Waals surface area contributed by atoms with Gasteiger partial charge in [0.15, 0.2) is 11.6 Å². The van der Waals surface area contributed by atoms with Crippen LogP contribution in [0.2, 0.25) is 0 Å². The molecule has 0 saturated heterocycles. The van der Waals surface area contributed by atoms with E-state index in [2.05, 4.69) is 13.5 Å². The standard InChI is InChI=1S/C23H26F2/c1-3-4-5-17-8-12-19(13-9-17)21-15-14-20(22(24)23(21)25)18-10-6-16(2)7-11-18/h3,8-9,12-16,18H,1,4-7,10-11H2,2H3. The molecule has 0 amide bonds. The smallest absolute Gasteiger partial charge is 0.166 e. The van der Waals surface area contributed by atoms with E-state index >= 15 is 0 Å². The second-order valence-corrected chi connectivity index (χ2v) is 7.31. The molecule has 0 radical (unpaired) electrons. The summed E-state index contributed by atoms with van der Waals surface area (Å²) < 4.78 is 29.4. The molecule has 1 fully saturated rings. The number of hydrogen-bond acceptors (Lipinski definition) is 0. The Morgan fingerprint density at radius 1 is 0.960 bits per heavy atom. The zero-order valence-corrected chi connectivity index (χ0v) is 14.9.